The van der Waals surface area contributed by atoms with Gasteiger partial charge < -0.3 is 0 Å². The Morgan fingerprint density at radius 1 is 0.355 bits per heavy atom. The first-order valence-electron chi connectivity index (χ1n) is 26.5. The molecule has 0 N–H and O–H groups in total. The van der Waals surface area contributed by atoms with Crippen LogP contribution in [0.3, 0.4) is 0 Å². The Kier molecular flexibility index (Phi) is 9.26. The molecule has 13 aromatic rings. The summed E-state index contributed by atoms with van der Waals surface area (Å²) in [7, 11) is 0. The zero-order chi connectivity index (χ0) is 50.0. The van der Waals surface area contributed by atoms with E-state index in [0.29, 0.717) is 5.82 Å². The second-order valence-corrected chi connectivity index (χ2v) is 20.7. The predicted octanol–water partition coefficient (Wildman–Crippen LogP) is 17.1. The lowest BCUT2D eigenvalue weighted by Crippen LogP contribution is -2.35. The molecule has 3 heterocycles. The summed E-state index contributed by atoms with van der Waals surface area (Å²) in [6, 6.07) is 91.8. The van der Waals surface area contributed by atoms with Crippen molar-refractivity contribution in [3.05, 3.63) is 312 Å². The summed E-state index contributed by atoms with van der Waals surface area (Å²) in [6.45, 7) is 0. The summed E-state index contributed by atoms with van der Waals surface area (Å²) in [5.74, 6) is 2.49. The average molecular weight is 969 g/mol. The Labute approximate surface area is 440 Å². The summed E-state index contributed by atoms with van der Waals surface area (Å²) < 4.78 is 4.78. The van der Waals surface area contributed by atoms with Gasteiger partial charge in [0.15, 0.2) is 5.82 Å². The molecule has 4 heteroatoms. The minimum atomic E-state index is -0.531. The number of allylic oxidation sites excluding steroid dienone is 4. The van der Waals surface area contributed by atoms with E-state index in [1.165, 1.54) is 82.7 Å². The third-order valence-electron chi connectivity index (χ3n) is 17.1. The van der Waals surface area contributed by atoms with Crippen molar-refractivity contribution < 1.29 is 0 Å². The smallest absolute Gasteiger partial charge is 0.163 e. The van der Waals surface area contributed by atoms with Gasteiger partial charge in [-0.2, -0.15) is 0 Å². The third kappa shape index (κ3) is 5.84. The monoisotopic (exact) mass is 968 g/mol. The maximum atomic E-state index is 5.60. The zero-order valence-corrected chi connectivity index (χ0v) is 41.6. The van der Waals surface area contributed by atoms with Gasteiger partial charge in [0.2, 0.25) is 0 Å². The Morgan fingerprint density at radius 2 is 0.829 bits per heavy atom. The molecule has 3 aliphatic carbocycles. The molecule has 0 spiro atoms. The highest BCUT2D eigenvalue weighted by molar-refractivity contribution is 6.13. The lowest BCUT2D eigenvalue weighted by Gasteiger charge is -2.39. The van der Waals surface area contributed by atoms with E-state index in [1.807, 2.05) is 0 Å². The van der Waals surface area contributed by atoms with Crippen LogP contribution in [0.2, 0.25) is 0 Å². The Hall–Kier alpha value is -9.64. The molecule has 76 heavy (non-hydrogen) atoms. The van der Waals surface area contributed by atoms with E-state index >= 15 is 0 Å². The van der Waals surface area contributed by atoms with Crippen molar-refractivity contribution in [3.63, 3.8) is 0 Å². The van der Waals surface area contributed by atoms with E-state index in [9.17, 15) is 0 Å². The predicted molar refractivity (Wildman–Crippen MR) is 312 cm³/mol. The Bertz CT molecular complexity index is 4510. The number of hydrogen-bond acceptors (Lipinski definition) is 2. The number of aromatic nitrogens is 4. The number of para-hydroxylation sites is 2. The topological polar surface area (TPSA) is 35.6 Å². The molecule has 2 unspecified atom stereocenters. The molecule has 3 aliphatic rings. The van der Waals surface area contributed by atoms with Gasteiger partial charge in [-0.25, -0.2) is 9.97 Å². The highest BCUT2D eigenvalue weighted by atomic mass is 15.1. The van der Waals surface area contributed by atoms with Gasteiger partial charge in [-0.3, -0.25) is 9.13 Å². The summed E-state index contributed by atoms with van der Waals surface area (Å²) in [5.41, 5.74) is 18.5. The van der Waals surface area contributed by atoms with Crippen LogP contribution in [-0.2, 0) is 10.8 Å². The van der Waals surface area contributed by atoms with Crippen molar-refractivity contribution in [2.24, 2.45) is 5.92 Å². The van der Waals surface area contributed by atoms with Crippen LogP contribution in [0.15, 0.2) is 273 Å². The fourth-order valence-electron chi connectivity index (χ4n) is 14.1. The summed E-state index contributed by atoms with van der Waals surface area (Å²) >= 11 is 0. The van der Waals surface area contributed by atoms with Crippen molar-refractivity contribution >= 4 is 43.6 Å². The van der Waals surface area contributed by atoms with Crippen LogP contribution in [0.25, 0.3) is 88.9 Å². The van der Waals surface area contributed by atoms with Gasteiger partial charge >= 0.3 is 0 Å². The highest BCUT2D eigenvalue weighted by Crippen LogP contribution is 2.60. The second-order valence-electron chi connectivity index (χ2n) is 20.7. The molecule has 0 aliphatic heterocycles. The molecule has 0 amide bonds. The van der Waals surface area contributed by atoms with E-state index in [4.69, 9.17) is 9.97 Å². The normalized spacial score (nSPS) is 16.8. The first-order valence-corrected chi connectivity index (χ1v) is 26.5. The van der Waals surface area contributed by atoms with Gasteiger partial charge in [-0.15, -0.1) is 0 Å². The summed E-state index contributed by atoms with van der Waals surface area (Å²) in [6.07, 6.45) is 10.2. The standard InChI is InChI=1S/C72H48N4/c1-6-24-47(25-7-1)70-73-68(75-64-40-22-18-36-54(64)58-42-62-56(44-66(58)75)52-34-16-20-38-60(52)71(62,48-26-8-2-9-27-48)49-28-10-3-11-29-49)46-69(74-70)76-65-41-23-19-37-55(65)59-43-63-57(45-67(59)76)53-35-17-21-39-61(53)72(63,50-30-12-4-13-31-50)51-32-14-5-15-33-51/h1-32,34-46,51H,33H2. The molecule has 0 saturated heterocycles. The fourth-order valence-corrected chi connectivity index (χ4v) is 14.1. The van der Waals surface area contributed by atoms with Gasteiger partial charge in [0, 0.05) is 33.2 Å². The van der Waals surface area contributed by atoms with E-state index in [-0.39, 0.29) is 5.92 Å². The van der Waals surface area contributed by atoms with Crippen molar-refractivity contribution in [1.29, 1.82) is 0 Å². The van der Waals surface area contributed by atoms with Crippen molar-refractivity contribution in [2.75, 3.05) is 0 Å². The first kappa shape index (κ1) is 42.8. The quantitative estimate of drug-likeness (QED) is 0.160. The van der Waals surface area contributed by atoms with Crippen LogP contribution in [0.5, 0.6) is 0 Å². The molecule has 0 bridgehead atoms. The molecule has 356 valence electrons. The number of fused-ring (bicyclic) bond motifs is 12. The number of rotatable bonds is 7. The fraction of sp³-hybridized carbons (Fsp3) is 0.0556. The van der Waals surface area contributed by atoms with Crippen LogP contribution in [-0.4, -0.2) is 19.1 Å². The van der Waals surface area contributed by atoms with Crippen molar-refractivity contribution in [1.82, 2.24) is 19.1 Å². The van der Waals surface area contributed by atoms with Gasteiger partial charge in [-0.1, -0.05) is 231 Å². The van der Waals surface area contributed by atoms with Gasteiger partial charge in [0.05, 0.1) is 32.9 Å². The van der Waals surface area contributed by atoms with Crippen LogP contribution in [0, 0.1) is 5.92 Å². The van der Waals surface area contributed by atoms with Crippen molar-refractivity contribution in [3.8, 4) is 45.3 Å². The molecule has 16 rings (SSSR count). The van der Waals surface area contributed by atoms with E-state index in [0.717, 1.165) is 45.7 Å². The minimum Gasteiger partial charge on any atom is -0.294 e. The maximum absolute atomic E-state index is 5.60. The first-order chi connectivity index (χ1) is 37.7. The highest BCUT2D eigenvalue weighted by Gasteiger charge is 2.50. The van der Waals surface area contributed by atoms with E-state index in [2.05, 4.69) is 282 Å². The molecular weight excluding hydrogens is 921 g/mol. The molecule has 0 saturated carbocycles. The Morgan fingerprint density at radius 3 is 1.41 bits per heavy atom. The number of benzene rings is 10. The van der Waals surface area contributed by atoms with Gasteiger partial charge in [0.1, 0.15) is 11.6 Å². The Balaban J connectivity index is 0.982. The van der Waals surface area contributed by atoms with Crippen LogP contribution < -0.4 is 0 Å². The number of nitrogens with zero attached hydrogens (tertiary/aromatic N) is 4. The van der Waals surface area contributed by atoms with Gasteiger partial charge in [-0.05, 0) is 110 Å². The summed E-state index contributed by atoms with van der Waals surface area (Å²) in [5, 5.41) is 4.73. The van der Waals surface area contributed by atoms with Crippen LogP contribution in [0.1, 0.15) is 45.4 Å². The molecule has 2 atom stereocenters. The molecular formula is C72H48N4. The minimum absolute atomic E-state index is 0.222. The number of hydrogen-bond donors (Lipinski definition) is 0. The SMILES string of the molecule is C1=CCC(C2(c3ccccc3)c3ccccc3-c3cc4c(cc32)c2ccccc2n4-c2cc(-n3c4ccccc4c4cc5c(cc43)-c3ccccc3C5(c3ccccc3)c3ccccc3)nc(-c3ccccc3)n2)C=C1. The molecule has 10 aromatic carbocycles. The van der Waals surface area contributed by atoms with E-state index in [1.54, 1.807) is 0 Å². The second kappa shape index (κ2) is 16.4. The maximum Gasteiger partial charge on any atom is 0.163 e. The molecule has 3 aromatic heterocycles. The average Bonchev–Trinajstić information content (AvgIpc) is 4.35. The van der Waals surface area contributed by atoms with E-state index < -0.39 is 10.8 Å². The summed E-state index contributed by atoms with van der Waals surface area (Å²) in [4.78, 5) is 11.2. The molecule has 4 nitrogen and oxygen atoms in total. The lowest BCUT2D eigenvalue weighted by molar-refractivity contribution is 0.458. The largest absolute Gasteiger partial charge is 0.294 e. The van der Waals surface area contributed by atoms with Gasteiger partial charge in [0.25, 0.3) is 0 Å². The molecule has 0 radical (unpaired) electrons. The lowest BCUT2D eigenvalue weighted by atomic mass is 9.62. The third-order valence-corrected chi connectivity index (χ3v) is 17.1. The zero-order valence-electron chi connectivity index (χ0n) is 41.6. The van der Waals surface area contributed by atoms with Crippen LogP contribution in [0.4, 0.5) is 0 Å². The molecule has 0 fully saturated rings. The van der Waals surface area contributed by atoms with Crippen LogP contribution >= 0.6 is 0 Å². The van der Waals surface area contributed by atoms with Crippen molar-refractivity contribution in [2.45, 2.75) is 17.3 Å².